The molecule has 0 unspecified atom stereocenters. The highest BCUT2D eigenvalue weighted by atomic mass is 32.2. The van der Waals surface area contributed by atoms with Crippen LogP contribution in [0, 0.1) is 0 Å². The third-order valence-corrected chi connectivity index (χ3v) is 8.74. The van der Waals surface area contributed by atoms with Gasteiger partial charge in [-0.25, -0.2) is 13.2 Å². The summed E-state index contributed by atoms with van der Waals surface area (Å²) in [5, 5.41) is 2.57. The molecule has 2 aromatic carbocycles. The maximum absolute atomic E-state index is 13.8. The van der Waals surface area contributed by atoms with E-state index in [0.29, 0.717) is 38.1 Å². The van der Waals surface area contributed by atoms with E-state index in [2.05, 4.69) is 5.32 Å². The van der Waals surface area contributed by atoms with Crippen LogP contribution in [0.25, 0.3) is 0 Å². The average molecular weight is 589 g/mol. The number of likely N-dealkylation sites (tertiary alicyclic amines) is 1. The van der Waals surface area contributed by atoms with Crippen LogP contribution >= 0.6 is 0 Å². The number of carbonyl (C=O) groups is 3. The minimum absolute atomic E-state index is 0.144. The van der Waals surface area contributed by atoms with Crippen LogP contribution in [0.4, 0.5) is 4.79 Å². The van der Waals surface area contributed by atoms with Crippen LogP contribution in [-0.4, -0.2) is 92.9 Å². The van der Waals surface area contributed by atoms with E-state index >= 15 is 0 Å². The Hall–Kier alpha value is -3.64. The van der Waals surface area contributed by atoms with Gasteiger partial charge in [-0.15, -0.1) is 0 Å². The Bertz CT molecular complexity index is 1250. The Morgan fingerprint density at radius 1 is 1.00 bits per heavy atom. The summed E-state index contributed by atoms with van der Waals surface area (Å²) in [6, 6.07) is 14.9. The van der Waals surface area contributed by atoms with Crippen molar-refractivity contribution in [2.75, 3.05) is 46.4 Å². The number of esters is 1. The summed E-state index contributed by atoms with van der Waals surface area (Å²) in [6.07, 6.45) is 1.57. The molecular weight excluding hydrogens is 548 g/mol. The Morgan fingerprint density at radius 2 is 1.66 bits per heavy atom. The van der Waals surface area contributed by atoms with Crippen molar-refractivity contribution >= 4 is 27.9 Å². The molecule has 3 rings (SSSR count). The van der Waals surface area contributed by atoms with E-state index in [4.69, 9.17) is 9.47 Å². The molecule has 1 fully saturated rings. The highest BCUT2D eigenvalue weighted by Crippen LogP contribution is 2.23. The Labute approximate surface area is 242 Å². The lowest BCUT2D eigenvalue weighted by Crippen LogP contribution is -2.53. The van der Waals surface area contributed by atoms with Gasteiger partial charge in [0.2, 0.25) is 15.9 Å². The third kappa shape index (κ3) is 8.92. The third-order valence-electron chi connectivity index (χ3n) is 6.88. The number of piperidine rings is 1. The molecule has 1 aliphatic heterocycles. The summed E-state index contributed by atoms with van der Waals surface area (Å²) < 4.78 is 38.2. The molecule has 3 amide bonds. The first-order chi connectivity index (χ1) is 19.7. The average Bonchev–Trinajstić information content (AvgIpc) is 2.99. The van der Waals surface area contributed by atoms with Gasteiger partial charge < -0.3 is 24.6 Å². The first kappa shape index (κ1) is 31.9. The van der Waals surface area contributed by atoms with Crippen molar-refractivity contribution < 1.29 is 32.3 Å². The molecule has 12 heteroatoms. The number of benzene rings is 2. The highest BCUT2D eigenvalue weighted by molar-refractivity contribution is 7.89. The molecule has 224 valence electrons. The molecule has 0 atom stereocenters. The molecule has 0 aliphatic carbocycles. The summed E-state index contributed by atoms with van der Waals surface area (Å²) in [6.45, 7) is 4.56. The largest absolute Gasteiger partial charge is 0.497 e. The number of nitrogens with zero attached hydrogens (tertiary/aromatic N) is 3. The van der Waals surface area contributed by atoms with Crippen LogP contribution in [0.5, 0.6) is 5.75 Å². The fourth-order valence-corrected chi connectivity index (χ4v) is 6.22. The van der Waals surface area contributed by atoms with E-state index < -0.39 is 16.0 Å². The number of hydrogen-bond donors (Lipinski definition) is 1. The number of carbonyl (C=O) groups excluding carboxylic acids is 3. The zero-order valence-corrected chi connectivity index (χ0v) is 24.8. The van der Waals surface area contributed by atoms with Gasteiger partial charge in [-0.2, -0.15) is 4.31 Å². The van der Waals surface area contributed by atoms with Gasteiger partial charge in [0.05, 0.1) is 25.2 Å². The summed E-state index contributed by atoms with van der Waals surface area (Å²) >= 11 is 0. The number of sulfonamides is 1. The van der Waals surface area contributed by atoms with Crippen LogP contribution in [0.15, 0.2) is 59.5 Å². The van der Waals surface area contributed by atoms with E-state index in [9.17, 15) is 22.8 Å². The van der Waals surface area contributed by atoms with Crippen molar-refractivity contribution in [3.05, 3.63) is 60.2 Å². The topological polar surface area (TPSA) is 126 Å². The quantitative estimate of drug-likeness (QED) is 0.357. The highest BCUT2D eigenvalue weighted by Gasteiger charge is 2.33. The molecule has 11 nitrogen and oxygen atoms in total. The maximum Gasteiger partial charge on any atom is 0.325 e. The number of nitrogens with one attached hydrogen (secondary N) is 1. The van der Waals surface area contributed by atoms with Crippen LogP contribution in [0.1, 0.15) is 38.7 Å². The normalized spacial score (nSPS) is 14.0. The minimum Gasteiger partial charge on any atom is -0.497 e. The molecule has 2 aromatic rings. The van der Waals surface area contributed by atoms with Crippen LogP contribution in [0.2, 0.25) is 0 Å². The van der Waals surface area contributed by atoms with E-state index in [1.165, 1.54) is 16.4 Å². The molecule has 0 spiro atoms. The van der Waals surface area contributed by atoms with Crippen molar-refractivity contribution in [1.29, 1.82) is 0 Å². The molecule has 0 saturated carbocycles. The lowest BCUT2D eigenvalue weighted by atomic mass is 10.0. The Balaban J connectivity index is 1.76. The number of hydrogen-bond acceptors (Lipinski definition) is 7. The zero-order chi connectivity index (χ0) is 29.8. The lowest BCUT2D eigenvalue weighted by molar-refractivity contribution is -0.142. The number of urea groups is 1. The van der Waals surface area contributed by atoms with Gasteiger partial charge in [0.1, 0.15) is 12.3 Å². The predicted molar refractivity (Wildman–Crippen MR) is 154 cm³/mol. The second-order valence-electron chi connectivity index (χ2n) is 9.70. The second-order valence-corrected chi connectivity index (χ2v) is 11.6. The second kappa shape index (κ2) is 15.4. The first-order valence-corrected chi connectivity index (χ1v) is 15.3. The van der Waals surface area contributed by atoms with Crippen molar-refractivity contribution in [3.8, 4) is 5.75 Å². The number of ether oxygens (including phenoxy) is 2. The standard InChI is InChI=1S/C29H40N4O7S/c1-4-17-32(41(37,38)26-9-7-6-8-10-26)22-27(34)33(21-23-11-13-25(39-3)14-12-23)24-15-18-31(19-16-24)29(36)30-20-28(35)40-5-2/h6-14,24H,4-5,15-22H2,1-3H3,(H,30,36). The molecule has 1 saturated heterocycles. The Kier molecular flexibility index (Phi) is 12.0. The monoisotopic (exact) mass is 588 g/mol. The van der Waals surface area contributed by atoms with E-state index in [0.717, 1.165) is 5.56 Å². The molecule has 1 heterocycles. The van der Waals surface area contributed by atoms with E-state index in [-0.39, 0.29) is 55.7 Å². The van der Waals surface area contributed by atoms with Crippen molar-refractivity contribution in [3.63, 3.8) is 0 Å². The van der Waals surface area contributed by atoms with Crippen molar-refractivity contribution in [1.82, 2.24) is 19.4 Å². The molecule has 1 N–H and O–H groups in total. The van der Waals surface area contributed by atoms with Gasteiger partial charge in [0.15, 0.2) is 0 Å². The molecular formula is C29H40N4O7S. The van der Waals surface area contributed by atoms with Gasteiger partial charge in [0.25, 0.3) is 0 Å². The predicted octanol–water partition coefficient (Wildman–Crippen LogP) is 2.86. The van der Waals surface area contributed by atoms with Crippen LogP contribution in [-0.2, 0) is 30.9 Å². The number of amides is 3. The molecule has 0 radical (unpaired) electrons. The number of methoxy groups -OCH3 is 1. The van der Waals surface area contributed by atoms with Crippen molar-refractivity contribution in [2.24, 2.45) is 0 Å². The van der Waals surface area contributed by atoms with Crippen molar-refractivity contribution in [2.45, 2.75) is 50.6 Å². The molecule has 0 bridgehead atoms. The van der Waals surface area contributed by atoms with Gasteiger partial charge in [-0.05, 0) is 56.0 Å². The maximum atomic E-state index is 13.8. The van der Waals surface area contributed by atoms with E-state index in [1.807, 2.05) is 31.2 Å². The Morgan fingerprint density at radius 3 is 2.24 bits per heavy atom. The van der Waals surface area contributed by atoms with Gasteiger partial charge in [-0.3, -0.25) is 9.59 Å². The summed E-state index contributed by atoms with van der Waals surface area (Å²) in [7, 11) is -2.29. The number of rotatable bonds is 13. The summed E-state index contributed by atoms with van der Waals surface area (Å²) in [5.74, 6) is -0.120. The smallest absolute Gasteiger partial charge is 0.325 e. The fourth-order valence-electron chi connectivity index (χ4n) is 4.72. The fraction of sp³-hybridized carbons (Fsp3) is 0.483. The first-order valence-electron chi connectivity index (χ1n) is 13.9. The summed E-state index contributed by atoms with van der Waals surface area (Å²) in [5.41, 5.74) is 0.877. The van der Waals surface area contributed by atoms with Gasteiger partial charge in [0, 0.05) is 32.2 Å². The van der Waals surface area contributed by atoms with Gasteiger partial charge >= 0.3 is 12.0 Å². The lowest BCUT2D eigenvalue weighted by Gasteiger charge is -2.39. The SMILES string of the molecule is CCCN(CC(=O)N(Cc1ccc(OC)cc1)C1CCN(C(=O)NCC(=O)OCC)CC1)S(=O)(=O)c1ccccc1. The zero-order valence-electron chi connectivity index (χ0n) is 24.0. The molecule has 41 heavy (non-hydrogen) atoms. The van der Waals surface area contributed by atoms with Gasteiger partial charge in [-0.1, -0.05) is 37.3 Å². The minimum atomic E-state index is -3.87. The van der Waals surface area contributed by atoms with E-state index in [1.54, 1.807) is 42.0 Å². The molecule has 0 aromatic heterocycles. The van der Waals surface area contributed by atoms with Crippen LogP contribution < -0.4 is 10.1 Å². The summed E-state index contributed by atoms with van der Waals surface area (Å²) in [4.78, 5) is 41.5. The molecule has 1 aliphatic rings. The van der Waals surface area contributed by atoms with Crippen LogP contribution in [0.3, 0.4) is 0 Å².